The molecule has 0 aliphatic heterocycles. The second kappa shape index (κ2) is 8.65. The minimum absolute atomic E-state index is 0.169. The summed E-state index contributed by atoms with van der Waals surface area (Å²) in [7, 11) is 0. The first-order chi connectivity index (χ1) is 11.1. The van der Waals surface area contributed by atoms with Crippen LogP contribution in [0.25, 0.3) is 0 Å². The van der Waals surface area contributed by atoms with Crippen molar-refractivity contribution in [1.82, 2.24) is 0 Å². The molecule has 0 spiro atoms. The number of nitrogens with one attached hydrogen (secondary N) is 1. The van der Waals surface area contributed by atoms with Gasteiger partial charge in [0.2, 0.25) is 5.91 Å². The number of ether oxygens (including phenoxy) is 2. The van der Waals surface area contributed by atoms with E-state index in [4.69, 9.17) is 32.7 Å². The summed E-state index contributed by atoms with van der Waals surface area (Å²) >= 11 is 11.7. The highest BCUT2D eigenvalue weighted by atomic mass is 35.5. The Labute approximate surface area is 145 Å². The van der Waals surface area contributed by atoms with Crippen LogP contribution >= 0.6 is 23.2 Å². The average molecular weight is 354 g/mol. The molecule has 0 saturated heterocycles. The van der Waals surface area contributed by atoms with Gasteiger partial charge in [-0.15, -0.1) is 0 Å². The fourth-order valence-electron chi connectivity index (χ4n) is 1.90. The summed E-state index contributed by atoms with van der Waals surface area (Å²) in [5, 5.41) is 3.58. The Hall–Kier alpha value is -1.91. The van der Waals surface area contributed by atoms with E-state index in [-0.39, 0.29) is 18.9 Å². The summed E-state index contributed by atoms with van der Waals surface area (Å²) in [6.45, 7) is 2.71. The van der Waals surface area contributed by atoms with E-state index in [1.165, 1.54) is 0 Å². The molecule has 0 heterocycles. The van der Waals surface area contributed by atoms with Crippen molar-refractivity contribution in [2.24, 2.45) is 0 Å². The van der Waals surface area contributed by atoms with Crippen LogP contribution in [-0.2, 0) is 4.79 Å². The SMILES string of the molecule is CCOc1ccccc1OCCC(=O)Nc1ccc(Cl)c(Cl)c1. The molecule has 0 bridgehead atoms. The van der Waals surface area contributed by atoms with Crippen molar-refractivity contribution in [3.05, 3.63) is 52.5 Å². The summed E-state index contributed by atoms with van der Waals surface area (Å²) < 4.78 is 11.1. The van der Waals surface area contributed by atoms with Crippen molar-refractivity contribution < 1.29 is 14.3 Å². The zero-order valence-corrected chi connectivity index (χ0v) is 14.2. The molecule has 0 aliphatic rings. The minimum atomic E-state index is -0.169. The maximum absolute atomic E-state index is 11.9. The molecule has 6 heteroatoms. The fraction of sp³-hybridized carbons (Fsp3) is 0.235. The van der Waals surface area contributed by atoms with Gasteiger partial charge in [-0.2, -0.15) is 0 Å². The molecule has 23 heavy (non-hydrogen) atoms. The van der Waals surface area contributed by atoms with Crippen molar-refractivity contribution in [2.75, 3.05) is 18.5 Å². The molecule has 2 rings (SSSR count). The van der Waals surface area contributed by atoms with E-state index in [2.05, 4.69) is 5.32 Å². The van der Waals surface area contributed by atoms with Crippen molar-refractivity contribution >= 4 is 34.8 Å². The van der Waals surface area contributed by atoms with Crippen LogP contribution in [0.3, 0.4) is 0 Å². The molecule has 122 valence electrons. The van der Waals surface area contributed by atoms with Crippen LogP contribution in [0.4, 0.5) is 5.69 Å². The number of carbonyl (C=O) groups excluding carboxylic acids is 1. The lowest BCUT2D eigenvalue weighted by atomic mass is 10.3. The van der Waals surface area contributed by atoms with E-state index in [1.54, 1.807) is 18.2 Å². The zero-order chi connectivity index (χ0) is 16.7. The lowest BCUT2D eigenvalue weighted by molar-refractivity contribution is -0.116. The quantitative estimate of drug-likeness (QED) is 0.777. The molecule has 2 aromatic rings. The molecule has 0 saturated carbocycles. The van der Waals surface area contributed by atoms with Gasteiger partial charge < -0.3 is 14.8 Å². The van der Waals surface area contributed by atoms with Crippen molar-refractivity contribution in [3.63, 3.8) is 0 Å². The Morgan fingerprint density at radius 1 is 1.04 bits per heavy atom. The van der Waals surface area contributed by atoms with E-state index < -0.39 is 0 Å². The number of hydrogen-bond donors (Lipinski definition) is 1. The van der Waals surface area contributed by atoms with Gasteiger partial charge in [-0.25, -0.2) is 0 Å². The minimum Gasteiger partial charge on any atom is -0.490 e. The van der Waals surface area contributed by atoms with Crippen LogP contribution in [0.15, 0.2) is 42.5 Å². The molecule has 0 unspecified atom stereocenters. The summed E-state index contributed by atoms with van der Waals surface area (Å²) in [4.78, 5) is 11.9. The highest BCUT2D eigenvalue weighted by molar-refractivity contribution is 6.42. The third kappa shape index (κ3) is 5.34. The Kier molecular flexibility index (Phi) is 6.56. The summed E-state index contributed by atoms with van der Waals surface area (Å²) in [6, 6.07) is 12.3. The van der Waals surface area contributed by atoms with E-state index in [0.29, 0.717) is 33.8 Å². The Morgan fingerprint density at radius 3 is 2.39 bits per heavy atom. The van der Waals surface area contributed by atoms with Crippen LogP contribution < -0.4 is 14.8 Å². The van der Waals surface area contributed by atoms with Gasteiger partial charge in [0, 0.05) is 5.69 Å². The molecular weight excluding hydrogens is 337 g/mol. The topological polar surface area (TPSA) is 47.6 Å². The molecule has 4 nitrogen and oxygen atoms in total. The molecule has 2 aromatic carbocycles. The first-order valence-electron chi connectivity index (χ1n) is 7.19. The van der Waals surface area contributed by atoms with Crippen LogP contribution in [0.2, 0.25) is 10.0 Å². The molecule has 0 aromatic heterocycles. The number of rotatable bonds is 7. The lowest BCUT2D eigenvalue weighted by Gasteiger charge is -2.11. The Bertz CT molecular complexity index is 677. The lowest BCUT2D eigenvalue weighted by Crippen LogP contribution is -2.15. The summed E-state index contributed by atoms with van der Waals surface area (Å²) in [6.07, 6.45) is 0.209. The zero-order valence-electron chi connectivity index (χ0n) is 12.6. The first kappa shape index (κ1) is 17.4. The smallest absolute Gasteiger partial charge is 0.227 e. The Morgan fingerprint density at radius 2 is 1.74 bits per heavy atom. The number of amides is 1. The average Bonchev–Trinajstić information content (AvgIpc) is 2.53. The van der Waals surface area contributed by atoms with E-state index in [0.717, 1.165) is 0 Å². The first-order valence-corrected chi connectivity index (χ1v) is 7.95. The third-order valence-corrected chi connectivity index (χ3v) is 3.68. The predicted octanol–water partition coefficient (Wildman–Crippen LogP) is 4.80. The highest BCUT2D eigenvalue weighted by Crippen LogP contribution is 2.27. The standard InChI is InChI=1S/C17H17Cl2NO3/c1-2-22-15-5-3-4-6-16(15)23-10-9-17(21)20-12-7-8-13(18)14(19)11-12/h3-8,11H,2,9-10H2,1H3,(H,20,21). The van der Waals surface area contributed by atoms with Crippen molar-refractivity contribution in [2.45, 2.75) is 13.3 Å². The maximum Gasteiger partial charge on any atom is 0.227 e. The second-order valence-corrected chi connectivity index (χ2v) is 5.47. The number of benzene rings is 2. The monoisotopic (exact) mass is 353 g/mol. The van der Waals surface area contributed by atoms with Gasteiger partial charge in [0.25, 0.3) is 0 Å². The highest BCUT2D eigenvalue weighted by Gasteiger charge is 2.07. The van der Waals surface area contributed by atoms with Crippen LogP contribution in [0.5, 0.6) is 11.5 Å². The van der Waals surface area contributed by atoms with Gasteiger partial charge >= 0.3 is 0 Å². The molecular formula is C17H17Cl2NO3. The van der Waals surface area contributed by atoms with Gasteiger partial charge in [-0.1, -0.05) is 35.3 Å². The number of anilines is 1. The number of hydrogen-bond acceptors (Lipinski definition) is 3. The van der Waals surface area contributed by atoms with Crippen LogP contribution in [0.1, 0.15) is 13.3 Å². The summed E-state index contributed by atoms with van der Waals surface area (Å²) in [5.74, 6) is 1.12. The largest absolute Gasteiger partial charge is 0.490 e. The summed E-state index contributed by atoms with van der Waals surface area (Å²) in [5.41, 5.74) is 0.596. The van der Waals surface area contributed by atoms with E-state index in [1.807, 2.05) is 31.2 Å². The number of carbonyl (C=O) groups is 1. The molecule has 0 atom stereocenters. The van der Waals surface area contributed by atoms with Gasteiger partial charge in [0.1, 0.15) is 0 Å². The number of halogens is 2. The van der Waals surface area contributed by atoms with Gasteiger partial charge in [0.05, 0.1) is 29.7 Å². The van der Waals surface area contributed by atoms with Crippen LogP contribution in [-0.4, -0.2) is 19.1 Å². The van der Waals surface area contributed by atoms with Crippen molar-refractivity contribution in [1.29, 1.82) is 0 Å². The van der Waals surface area contributed by atoms with Crippen molar-refractivity contribution in [3.8, 4) is 11.5 Å². The normalized spacial score (nSPS) is 10.2. The van der Waals surface area contributed by atoms with Gasteiger partial charge in [-0.05, 0) is 37.3 Å². The van der Waals surface area contributed by atoms with E-state index in [9.17, 15) is 4.79 Å². The third-order valence-electron chi connectivity index (χ3n) is 2.94. The molecule has 0 aliphatic carbocycles. The molecule has 1 amide bonds. The maximum atomic E-state index is 11.9. The molecule has 1 N–H and O–H groups in total. The molecule has 0 radical (unpaired) electrons. The van der Waals surface area contributed by atoms with Gasteiger partial charge in [-0.3, -0.25) is 4.79 Å². The van der Waals surface area contributed by atoms with Crippen LogP contribution in [0, 0.1) is 0 Å². The predicted molar refractivity (Wildman–Crippen MR) is 92.8 cm³/mol. The second-order valence-electron chi connectivity index (χ2n) is 4.66. The fourth-order valence-corrected chi connectivity index (χ4v) is 2.19. The van der Waals surface area contributed by atoms with Gasteiger partial charge in [0.15, 0.2) is 11.5 Å². The molecule has 0 fully saturated rings. The number of para-hydroxylation sites is 2. The Balaban J connectivity index is 1.84. The van der Waals surface area contributed by atoms with E-state index >= 15 is 0 Å².